The Morgan fingerprint density at radius 2 is 2.15 bits per heavy atom. The van der Waals surface area contributed by atoms with Crippen LogP contribution in [0.2, 0.25) is 5.15 Å². The number of nitrogens with zero attached hydrogens (tertiary/aromatic N) is 1. The van der Waals surface area contributed by atoms with E-state index in [9.17, 15) is 4.79 Å². The second-order valence-electron chi connectivity index (χ2n) is 6.06. The fourth-order valence-electron chi connectivity index (χ4n) is 2.64. The third-order valence-electron chi connectivity index (χ3n) is 3.80. The quantitative estimate of drug-likeness (QED) is 0.604. The molecule has 0 N–H and O–H groups in total. The summed E-state index contributed by atoms with van der Waals surface area (Å²) in [5.74, 6) is 0.582. The fraction of sp³-hybridized carbons (Fsp3) is 0.625. The lowest BCUT2D eigenvalue weighted by Gasteiger charge is -2.26. The Kier molecular flexibility index (Phi) is 5.03. The molecular weight excluding hydrogens is 274 g/mol. The van der Waals surface area contributed by atoms with Crippen LogP contribution in [0.3, 0.4) is 0 Å². The van der Waals surface area contributed by atoms with Gasteiger partial charge in [0.25, 0.3) is 0 Å². The third-order valence-corrected chi connectivity index (χ3v) is 4.00. The van der Waals surface area contributed by atoms with Crippen LogP contribution in [-0.2, 0) is 4.74 Å². The summed E-state index contributed by atoms with van der Waals surface area (Å²) in [4.78, 5) is 16.5. The Bertz CT molecular complexity index is 487. The van der Waals surface area contributed by atoms with Crippen molar-refractivity contribution in [3.05, 3.63) is 28.5 Å². The monoisotopic (exact) mass is 295 g/mol. The molecule has 2 rings (SSSR count). The topological polar surface area (TPSA) is 39.2 Å². The van der Waals surface area contributed by atoms with Gasteiger partial charge in [-0.05, 0) is 43.2 Å². The zero-order valence-corrected chi connectivity index (χ0v) is 13.1. The Labute approximate surface area is 125 Å². The van der Waals surface area contributed by atoms with E-state index in [0.717, 1.165) is 25.0 Å². The summed E-state index contributed by atoms with van der Waals surface area (Å²) in [7, 11) is 0. The highest BCUT2D eigenvalue weighted by Gasteiger charge is 2.23. The molecule has 110 valence electrons. The van der Waals surface area contributed by atoms with Crippen molar-refractivity contribution in [3.63, 3.8) is 0 Å². The Balaban J connectivity index is 2.08. The highest BCUT2D eigenvalue weighted by atomic mass is 35.5. The number of rotatable bonds is 3. The Morgan fingerprint density at radius 3 is 2.80 bits per heavy atom. The van der Waals surface area contributed by atoms with Crippen LogP contribution in [0, 0.1) is 5.92 Å². The van der Waals surface area contributed by atoms with Crippen LogP contribution in [0.5, 0.6) is 0 Å². The van der Waals surface area contributed by atoms with Crippen molar-refractivity contribution in [1.29, 1.82) is 0 Å². The van der Waals surface area contributed by atoms with E-state index < -0.39 is 0 Å². The van der Waals surface area contributed by atoms with Crippen LogP contribution in [0.1, 0.15) is 68.4 Å². The molecule has 0 amide bonds. The number of pyridine rings is 1. The van der Waals surface area contributed by atoms with Crippen LogP contribution in [0.4, 0.5) is 0 Å². The first-order chi connectivity index (χ1) is 9.45. The van der Waals surface area contributed by atoms with Crippen molar-refractivity contribution in [2.45, 2.75) is 58.5 Å². The molecule has 0 aliphatic heterocycles. The van der Waals surface area contributed by atoms with Gasteiger partial charge in [0.05, 0.1) is 5.56 Å². The van der Waals surface area contributed by atoms with Gasteiger partial charge in [-0.2, -0.15) is 0 Å². The summed E-state index contributed by atoms with van der Waals surface area (Å²) in [5, 5.41) is 0.347. The summed E-state index contributed by atoms with van der Waals surface area (Å²) in [6.45, 7) is 6.26. The zero-order valence-electron chi connectivity index (χ0n) is 12.4. The molecule has 0 radical (unpaired) electrons. The molecule has 1 aromatic rings. The molecule has 1 aliphatic carbocycles. The smallest absolute Gasteiger partial charge is 0.338 e. The Hall–Kier alpha value is -1.09. The summed E-state index contributed by atoms with van der Waals surface area (Å²) in [5.41, 5.74) is 1.33. The maximum Gasteiger partial charge on any atom is 0.338 e. The fourth-order valence-corrected chi connectivity index (χ4v) is 2.85. The van der Waals surface area contributed by atoms with Crippen molar-refractivity contribution in [2.75, 3.05) is 0 Å². The first-order valence-electron chi connectivity index (χ1n) is 7.34. The number of hydrogen-bond acceptors (Lipinski definition) is 3. The number of carbonyl (C=O) groups is 1. The largest absolute Gasteiger partial charge is 0.459 e. The normalized spacial score (nSPS) is 22.9. The maximum absolute atomic E-state index is 12.2. The lowest BCUT2D eigenvalue weighted by Crippen LogP contribution is -2.24. The molecule has 4 heteroatoms. The second kappa shape index (κ2) is 6.57. The number of ether oxygens (including phenoxy) is 1. The van der Waals surface area contributed by atoms with Crippen molar-refractivity contribution >= 4 is 17.6 Å². The van der Waals surface area contributed by atoms with Gasteiger partial charge in [-0.15, -0.1) is 0 Å². The molecular formula is C16H22ClNO2. The van der Waals surface area contributed by atoms with Crippen molar-refractivity contribution in [3.8, 4) is 0 Å². The van der Waals surface area contributed by atoms with Gasteiger partial charge >= 0.3 is 5.97 Å². The molecule has 1 aliphatic rings. The molecule has 20 heavy (non-hydrogen) atoms. The van der Waals surface area contributed by atoms with Gasteiger partial charge in [-0.3, -0.25) is 0 Å². The summed E-state index contributed by atoms with van der Waals surface area (Å²) in [6, 6.07) is 3.37. The average Bonchev–Trinajstić information content (AvgIpc) is 2.37. The minimum absolute atomic E-state index is 0.0423. The van der Waals surface area contributed by atoms with E-state index in [1.165, 1.54) is 6.42 Å². The SMILES string of the molecule is CC1CCCC(OC(=O)c2cc(Cl)nc(C(C)C)c2)C1. The van der Waals surface area contributed by atoms with E-state index in [1.807, 2.05) is 13.8 Å². The molecule has 2 unspecified atom stereocenters. The molecule has 0 bridgehead atoms. The molecule has 1 aromatic heterocycles. The molecule has 0 saturated heterocycles. The summed E-state index contributed by atoms with van der Waals surface area (Å²) >= 11 is 5.99. The predicted molar refractivity (Wildman–Crippen MR) is 80.2 cm³/mol. The number of aromatic nitrogens is 1. The molecule has 1 fully saturated rings. The van der Waals surface area contributed by atoms with Crippen molar-refractivity contribution in [2.24, 2.45) is 5.92 Å². The van der Waals surface area contributed by atoms with E-state index in [-0.39, 0.29) is 18.0 Å². The Morgan fingerprint density at radius 1 is 1.40 bits per heavy atom. The zero-order chi connectivity index (χ0) is 14.7. The van der Waals surface area contributed by atoms with E-state index >= 15 is 0 Å². The van der Waals surface area contributed by atoms with Gasteiger partial charge in [-0.1, -0.05) is 38.8 Å². The first kappa shape index (κ1) is 15.3. The molecule has 2 atom stereocenters. The van der Waals surface area contributed by atoms with E-state index in [0.29, 0.717) is 16.6 Å². The molecule has 0 aromatic carbocycles. The predicted octanol–water partition coefficient (Wildman–Crippen LogP) is 4.59. The van der Waals surface area contributed by atoms with Crippen LogP contribution < -0.4 is 0 Å². The lowest BCUT2D eigenvalue weighted by atomic mass is 9.89. The van der Waals surface area contributed by atoms with Crippen LogP contribution in [0.25, 0.3) is 0 Å². The molecule has 1 saturated carbocycles. The highest BCUT2D eigenvalue weighted by molar-refractivity contribution is 6.29. The second-order valence-corrected chi connectivity index (χ2v) is 6.44. The maximum atomic E-state index is 12.2. The van der Waals surface area contributed by atoms with E-state index in [2.05, 4.69) is 11.9 Å². The molecule has 1 heterocycles. The van der Waals surface area contributed by atoms with Crippen LogP contribution in [0.15, 0.2) is 12.1 Å². The molecule has 3 nitrogen and oxygen atoms in total. The number of hydrogen-bond donors (Lipinski definition) is 0. The number of halogens is 1. The number of esters is 1. The third kappa shape index (κ3) is 3.95. The summed E-state index contributed by atoms with van der Waals surface area (Å²) in [6.07, 6.45) is 4.33. The van der Waals surface area contributed by atoms with Gasteiger partial charge in [0.2, 0.25) is 0 Å². The first-order valence-corrected chi connectivity index (χ1v) is 7.72. The van der Waals surface area contributed by atoms with Crippen molar-refractivity contribution < 1.29 is 9.53 Å². The van der Waals surface area contributed by atoms with Crippen molar-refractivity contribution in [1.82, 2.24) is 4.98 Å². The highest BCUT2D eigenvalue weighted by Crippen LogP contribution is 2.27. The van der Waals surface area contributed by atoms with Gasteiger partial charge in [-0.25, -0.2) is 9.78 Å². The van der Waals surface area contributed by atoms with E-state index in [4.69, 9.17) is 16.3 Å². The van der Waals surface area contributed by atoms with Crippen LogP contribution in [-0.4, -0.2) is 17.1 Å². The molecule has 0 spiro atoms. The minimum atomic E-state index is -0.282. The average molecular weight is 296 g/mol. The van der Waals surface area contributed by atoms with Gasteiger partial charge in [0.15, 0.2) is 0 Å². The standard InChI is InChI=1S/C16H22ClNO2/c1-10(2)14-8-12(9-15(17)18-14)16(19)20-13-6-4-5-11(3)7-13/h8-11,13H,4-7H2,1-3H3. The summed E-state index contributed by atoms with van der Waals surface area (Å²) < 4.78 is 5.61. The van der Waals surface area contributed by atoms with Gasteiger partial charge < -0.3 is 4.74 Å². The number of carbonyl (C=O) groups excluding carboxylic acids is 1. The van der Waals surface area contributed by atoms with Gasteiger partial charge in [0, 0.05) is 5.69 Å². The minimum Gasteiger partial charge on any atom is -0.459 e. The lowest BCUT2D eigenvalue weighted by molar-refractivity contribution is 0.0155. The van der Waals surface area contributed by atoms with Crippen LogP contribution >= 0.6 is 11.6 Å². The van der Waals surface area contributed by atoms with E-state index in [1.54, 1.807) is 12.1 Å². The van der Waals surface area contributed by atoms with Gasteiger partial charge in [0.1, 0.15) is 11.3 Å².